The Morgan fingerprint density at radius 3 is 1.45 bits per heavy atom. The SMILES string of the molecule is Fc1cccc(Cl)c1C1=NNC(c2c(F)cccc2Cl)=NN1. The van der Waals surface area contributed by atoms with Crippen LogP contribution in [0.4, 0.5) is 8.78 Å². The van der Waals surface area contributed by atoms with E-state index in [1.807, 2.05) is 0 Å². The summed E-state index contributed by atoms with van der Waals surface area (Å²) in [6, 6.07) is 8.50. The second-order valence-corrected chi connectivity index (χ2v) is 5.15. The molecule has 2 N–H and O–H groups in total. The summed E-state index contributed by atoms with van der Waals surface area (Å²) in [4.78, 5) is 0. The minimum absolute atomic E-state index is 0.0686. The molecule has 0 aliphatic carbocycles. The maximum Gasteiger partial charge on any atom is 0.178 e. The van der Waals surface area contributed by atoms with Gasteiger partial charge in [0, 0.05) is 0 Å². The highest BCUT2D eigenvalue weighted by molar-refractivity contribution is 6.35. The van der Waals surface area contributed by atoms with Gasteiger partial charge in [-0.05, 0) is 24.3 Å². The van der Waals surface area contributed by atoms with E-state index in [-0.39, 0.29) is 32.8 Å². The molecule has 0 atom stereocenters. The molecule has 0 fully saturated rings. The summed E-state index contributed by atoms with van der Waals surface area (Å²) in [5.74, 6) is -0.940. The van der Waals surface area contributed by atoms with Gasteiger partial charge in [-0.1, -0.05) is 35.3 Å². The fraction of sp³-hybridized carbons (Fsp3) is 0. The molecule has 0 amide bonds. The molecule has 1 aliphatic rings. The van der Waals surface area contributed by atoms with Crippen LogP contribution in [-0.2, 0) is 0 Å². The molecule has 0 saturated heterocycles. The molecule has 3 rings (SSSR count). The van der Waals surface area contributed by atoms with Crippen LogP contribution in [0.1, 0.15) is 11.1 Å². The Morgan fingerprint density at radius 1 is 0.727 bits per heavy atom. The van der Waals surface area contributed by atoms with Gasteiger partial charge in [0.15, 0.2) is 11.7 Å². The Bertz CT molecular complexity index is 697. The van der Waals surface area contributed by atoms with Gasteiger partial charge in [0.2, 0.25) is 0 Å². The van der Waals surface area contributed by atoms with Crippen LogP contribution in [0.2, 0.25) is 10.0 Å². The van der Waals surface area contributed by atoms with Gasteiger partial charge in [-0.2, -0.15) is 10.2 Å². The van der Waals surface area contributed by atoms with Crippen LogP contribution in [0.3, 0.4) is 0 Å². The summed E-state index contributed by atoms with van der Waals surface area (Å²) in [6.45, 7) is 0. The number of hydrogen-bond donors (Lipinski definition) is 2. The van der Waals surface area contributed by atoms with Gasteiger partial charge in [0.25, 0.3) is 0 Å². The van der Waals surface area contributed by atoms with E-state index < -0.39 is 11.6 Å². The minimum Gasteiger partial charge on any atom is -0.257 e. The topological polar surface area (TPSA) is 48.8 Å². The van der Waals surface area contributed by atoms with Gasteiger partial charge in [-0.15, -0.1) is 0 Å². The van der Waals surface area contributed by atoms with Gasteiger partial charge >= 0.3 is 0 Å². The van der Waals surface area contributed by atoms with E-state index in [1.165, 1.54) is 36.4 Å². The number of nitrogens with zero attached hydrogens (tertiary/aromatic N) is 2. The molecule has 8 heteroatoms. The summed E-state index contributed by atoms with van der Waals surface area (Å²) in [5.41, 5.74) is 5.23. The third-order valence-corrected chi connectivity index (χ3v) is 3.58. The van der Waals surface area contributed by atoms with E-state index in [4.69, 9.17) is 23.2 Å². The maximum atomic E-state index is 13.8. The monoisotopic (exact) mass is 340 g/mol. The van der Waals surface area contributed by atoms with Gasteiger partial charge in [0.05, 0.1) is 21.2 Å². The van der Waals surface area contributed by atoms with Gasteiger partial charge in [-0.25, -0.2) is 8.78 Å². The molecule has 0 radical (unpaired) electrons. The van der Waals surface area contributed by atoms with Crippen molar-refractivity contribution >= 4 is 34.9 Å². The molecule has 112 valence electrons. The average Bonchev–Trinajstić information content (AvgIpc) is 2.48. The number of nitrogens with one attached hydrogen (secondary N) is 2. The highest BCUT2D eigenvalue weighted by Gasteiger charge is 2.20. The van der Waals surface area contributed by atoms with Crippen molar-refractivity contribution in [3.63, 3.8) is 0 Å². The molecule has 0 saturated carbocycles. The third kappa shape index (κ3) is 2.63. The molecule has 4 nitrogen and oxygen atoms in total. The third-order valence-electron chi connectivity index (χ3n) is 2.95. The standard InChI is InChI=1S/C14H8Cl2F2N4/c15-7-3-1-5-9(17)11(7)13-19-21-14(22-20-13)12-8(16)4-2-6-10(12)18/h1-6H,(H,19,20)(H,21,22). The Labute approximate surface area is 134 Å². The van der Waals surface area contributed by atoms with Crippen molar-refractivity contribution in [1.82, 2.24) is 10.9 Å². The van der Waals surface area contributed by atoms with Gasteiger partial charge in [0.1, 0.15) is 11.6 Å². The van der Waals surface area contributed by atoms with Gasteiger partial charge in [-0.3, -0.25) is 10.9 Å². The maximum absolute atomic E-state index is 13.8. The molecule has 1 aliphatic heterocycles. The zero-order valence-electron chi connectivity index (χ0n) is 10.9. The lowest BCUT2D eigenvalue weighted by molar-refractivity contribution is 0.620. The van der Waals surface area contributed by atoms with Crippen molar-refractivity contribution in [2.24, 2.45) is 10.2 Å². The molecule has 1 heterocycles. The van der Waals surface area contributed by atoms with E-state index in [1.54, 1.807) is 0 Å². The van der Waals surface area contributed by atoms with E-state index in [9.17, 15) is 8.78 Å². The lowest BCUT2D eigenvalue weighted by Gasteiger charge is -2.17. The Balaban J connectivity index is 1.92. The van der Waals surface area contributed by atoms with Crippen LogP contribution in [0.5, 0.6) is 0 Å². The van der Waals surface area contributed by atoms with Crippen molar-refractivity contribution < 1.29 is 8.78 Å². The minimum atomic E-state index is -0.553. The largest absolute Gasteiger partial charge is 0.257 e. The fourth-order valence-electron chi connectivity index (χ4n) is 1.94. The zero-order valence-corrected chi connectivity index (χ0v) is 12.4. The van der Waals surface area contributed by atoms with E-state index in [2.05, 4.69) is 21.1 Å². The first-order valence-electron chi connectivity index (χ1n) is 6.14. The number of hydrazone groups is 2. The number of amidine groups is 2. The van der Waals surface area contributed by atoms with Crippen LogP contribution in [-0.4, -0.2) is 11.7 Å². The molecule has 0 aromatic heterocycles. The Morgan fingerprint density at radius 2 is 1.14 bits per heavy atom. The van der Waals surface area contributed by atoms with Crippen molar-refractivity contribution in [3.05, 3.63) is 69.2 Å². The van der Waals surface area contributed by atoms with Crippen LogP contribution in [0.15, 0.2) is 46.6 Å². The second-order valence-electron chi connectivity index (χ2n) is 4.34. The average molecular weight is 341 g/mol. The highest BCUT2D eigenvalue weighted by atomic mass is 35.5. The number of hydrogen-bond acceptors (Lipinski definition) is 4. The van der Waals surface area contributed by atoms with Gasteiger partial charge < -0.3 is 0 Å². The van der Waals surface area contributed by atoms with Crippen molar-refractivity contribution in [2.45, 2.75) is 0 Å². The highest BCUT2D eigenvalue weighted by Crippen LogP contribution is 2.22. The Kier molecular flexibility index (Phi) is 3.96. The van der Waals surface area contributed by atoms with Crippen molar-refractivity contribution in [3.8, 4) is 0 Å². The summed E-state index contributed by atoms with van der Waals surface area (Å²) in [7, 11) is 0. The quantitative estimate of drug-likeness (QED) is 0.879. The molecule has 0 spiro atoms. The molecule has 2 aromatic carbocycles. The number of benzene rings is 2. The van der Waals surface area contributed by atoms with Crippen LogP contribution < -0.4 is 10.9 Å². The van der Waals surface area contributed by atoms with E-state index in [0.717, 1.165) is 0 Å². The van der Waals surface area contributed by atoms with E-state index >= 15 is 0 Å². The van der Waals surface area contributed by atoms with Crippen LogP contribution >= 0.6 is 23.2 Å². The summed E-state index contributed by atoms with van der Waals surface area (Å²) < 4.78 is 27.6. The molecule has 0 unspecified atom stereocenters. The predicted octanol–water partition coefficient (Wildman–Crippen LogP) is 3.49. The molecule has 0 bridgehead atoms. The first-order chi connectivity index (χ1) is 10.6. The summed E-state index contributed by atoms with van der Waals surface area (Å²) in [6.07, 6.45) is 0. The van der Waals surface area contributed by atoms with Crippen LogP contribution in [0, 0.1) is 11.6 Å². The van der Waals surface area contributed by atoms with Crippen LogP contribution in [0.25, 0.3) is 0 Å². The zero-order chi connectivity index (χ0) is 15.7. The second kappa shape index (κ2) is 5.90. The normalized spacial score (nSPS) is 13.8. The van der Waals surface area contributed by atoms with Crippen molar-refractivity contribution in [2.75, 3.05) is 0 Å². The predicted molar refractivity (Wildman–Crippen MR) is 82.2 cm³/mol. The first kappa shape index (κ1) is 14.7. The lowest BCUT2D eigenvalue weighted by Crippen LogP contribution is -2.35. The molecular weight excluding hydrogens is 333 g/mol. The summed E-state index contributed by atoms with van der Waals surface area (Å²) >= 11 is 11.9. The fourth-order valence-corrected chi connectivity index (χ4v) is 2.44. The summed E-state index contributed by atoms with van der Waals surface area (Å²) in [5, 5.41) is 8.23. The Hall–Kier alpha value is -2.18. The molecular formula is C14H8Cl2F2N4. The first-order valence-corrected chi connectivity index (χ1v) is 6.89. The molecule has 22 heavy (non-hydrogen) atoms. The number of rotatable bonds is 2. The number of halogens is 4. The molecule has 2 aromatic rings. The van der Waals surface area contributed by atoms with Crippen molar-refractivity contribution in [1.29, 1.82) is 0 Å². The lowest BCUT2D eigenvalue weighted by atomic mass is 10.2. The van der Waals surface area contributed by atoms with E-state index in [0.29, 0.717) is 0 Å². The smallest absolute Gasteiger partial charge is 0.178 e.